The zero-order chi connectivity index (χ0) is 86.4. The molecule has 5 heterocycles. The number of aliphatic carboxylic acids is 3. The number of aliphatic hydroxyl groups is 17. The third-order valence-electron chi connectivity index (χ3n) is 21.5. The van der Waals surface area contributed by atoms with Crippen LogP contribution in [-0.4, -0.2) is 366 Å². The van der Waals surface area contributed by atoms with Crippen LogP contribution in [0.25, 0.3) is 0 Å². The molecule has 30 atom stereocenters. The molecule has 116 heavy (non-hydrogen) atoms. The Bertz CT molecular complexity index is 2990. The fourth-order valence-corrected chi connectivity index (χ4v) is 15.1. The molecule has 0 aliphatic carbocycles. The Morgan fingerprint density at radius 3 is 1.27 bits per heavy atom. The number of ether oxygens (including phenoxy) is 10. The van der Waals surface area contributed by atoms with E-state index >= 15 is 0 Å². The van der Waals surface area contributed by atoms with Crippen molar-refractivity contribution in [3.63, 3.8) is 0 Å². The van der Waals surface area contributed by atoms with E-state index in [0.717, 1.165) is 97.8 Å². The minimum absolute atomic E-state index is 0.120. The fraction of sp³-hybridized carbons (Fsp3) is 0.880. The van der Waals surface area contributed by atoms with E-state index in [1.54, 1.807) is 6.08 Å². The van der Waals surface area contributed by atoms with E-state index in [2.05, 4.69) is 35.1 Å². The Labute approximate surface area is 672 Å². The molecule has 30 unspecified atom stereocenters. The molecule has 0 radical (unpaired) electrons. The Hall–Kier alpha value is -5.05. The number of carboxylic acids is 3. The van der Waals surface area contributed by atoms with Gasteiger partial charge in [-0.15, -0.1) is 0 Å². The van der Waals surface area contributed by atoms with Crippen LogP contribution in [0.5, 0.6) is 0 Å². The van der Waals surface area contributed by atoms with Gasteiger partial charge in [-0.1, -0.05) is 142 Å². The van der Waals surface area contributed by atoms with Gasteiger partial charge in [-0.25, -0.2) is 14.4 Å². The quantitative estimate of drug-likeness (QED) is 0.0201. The monoisotopic (exact) mass is 1680 g/mol. The molecular weight excluding hydrogens is 1550 g/mol. The average molecular weight is 1680 g/mol. The predicted molar refractivity (Wildman–Crippen MR) is 397 cm³/mol. The Morgan fingerprint density at radius 2 is 0.862 bits per heavy atom. The van der Waals surface area contributed by atoms with E-state index in [1.165, 1.54) is 51.0 Å². The van der Waals surface area contributed by atoms with Gasteiger partial charge in [0.05, 0.1) is 88.2 Å². The number of hydrogen-bond donors (Lipinski definition) is 24. The zero-order valence-corrected chi connectivity index (χ0v) is 66.5. The van der Waals surface area contributed by atoms with Gasteiger partial charge in [-0.2, -0.15) is 0 Å². The SMILES string of the molecule is CCCCCCCCCCCCCC=CC(O)C(COC1OC(CO)C(OC2OC(CO)C(O)C(OC3(C(=O)O)CC(O)C(NC(C)=O)C(C(O)C(CO)OC4(C(=O)O)CC(O)C(NC(C)=O)C(C(O)C(CO)OC5(C(=O)O)CC(O)C(NC(C)=O)C(C(O)C(O)CO)O5)O4)O3)C2O)C(O)C1O)NC(=O)CCCCCCCCCCC. The summed E-state index contributed by atoms with van der Waals surface area (Å²) in [5.74, 6) is -20.6. The van der Waals surface area contributed by atoms with Crippen LogP contribution in [0.2, 0.25) is 0 Å². The molecule has 5 aliphatic heterocycles. The average Bonchev–Trinajstić information content (AvgIpc) is 0.752. The highest BCUT2D eigenvalue weighted by atomic mass is 16.8. The smallest absolute Gasteiger partial charge is 0.364 e. The molecule has 41 heteroatoms. The summed E-state index contributed by atoms with van der Waals surface area (Å²) in [5, 5.41) is 234. The van der Waals surface area contributed by atoms with E-state index in [-0.39, 0.29) is 6.42 Å². The van der Waals surface area contributed by atoms with Gasteiger partial charge >= 0.3 is 17.9 Å². The third-order valence-corrected chi connectivity index (χ3v) is 21.5. The van der Waals surface area contributed by atoms with Crippen molar-refractivity contribution in [2.24, 2.45) is 0 Å². The van der Waals surface area contributed by atoms with Crippen LogP contribution in [0, 0.1) is 0 Å². The summed E-state index contributed by atoms with van der Waals surface area (Å²) in [6.07, 6.45) is -30.4. The van der Waals surface area contributed by atoms with Gasteiger partial charge in [0.25, 0.3) is 17.4 Å². The maximum absolute atomic E-state index is 13.8. The molecule has 0 aromatic carbocycles. The van der Waals surface area contributed by atoms with Crippen molar-refractivity contribution < 1.29 is 183 Å². The summed E-state index contributed by atoms with van der Waals surface area (Å²) in [5.41, 5.74) is 0. The minimum atomic E-state index is -3.57. The molecule has 5 rings (SSSR count). The van der Waals surface area contributed by atoms with Gasteiger partial charge in [-0.3, -0.25) is 19.2 Å². The topological polar surface area (TPSA) is 665 Å². The minimum Gasteiger partial charge on any atom is -0.477 e. The molecule has 0 bridgehead atoms. The maximum atomic E-state index is 13.8. The summed E-state index contributed by atoms with van der Waals surface area (Å²) in [7, 11) is 0. The highest BCUT2D eigenvalue weighted by molar-refractivity contribution is 5.79. The van der Waals surface area contributed by atoms with Crippen molar-refractivity contribution in [2.45, 2.75) is 377 Å². The van der Waals surface area contributed by atoms with Crippen molar-refractivity contribution in [2.75, 3.05) is 39.6 Å². The van der Waals surface area contributed by atoms with Gasteiger partial charge in [0.1, 0.15) is 104 Å². The van der Waals surface area contributed by atoms with E-state index < -0.39 is 283 Å². The third kappa shape index (κ3) is 28.5. The fourth-order valence-electron chi connectivity index (χ4n) is 15.1. The molecular formula is C75H130N4O37. The lowest BCUT2D eigenvalue weighted by Gasteiger charge is -2.51. The van der Waals surface area contributed by atoms with E-state index in [9.17, 15) is 136 Å². The first-order valence-corrected chi connectivity index (χ1v) is 40.3. The number of carboxylic acid groups (broad SMARTS) is 3. The molecule has 0 spiro atoms. The van der Waals surface area contributed by atoms with Crippen molar-refractivity contribution in [1.82, 2.24) is 21.3 Å². The summed E-state index contributed by atoms with van der Waals surface area (Å²) in [4.78, 5) is 91.9. The van der Waals surface area contributed by atoms with Gasteiger partial charge in [-0.05, 0) is 19.3 Å². The van der Waals surface area contributed by atoms with Crippen LogP contribution in [0.1, 0.15) is 195 Å². The first-order chi connectivity index (χ1) is 55.0. The first kappa shape index (κ1) is 102. The predicted octanol–water partition coefficient (Wildman–Crippen LogP) is -4.83. The first-order valence-electron chi connectivity index (χ1n) is 40.3. The number of unbranched alkanes of at least 4 members (excludes halogenated alkanes) is 19. The number of rotatable bonds is 53. The normalized spacial score (nSPS) is 33.8. The van der Waals surface area contributed by atoms with E-state index in [1.807, 2.05) is 0 Å². The van der Waals surface area contributed by atoms with Crippen LogP contribution >= 0.6 is 0 Å². The molecule has 24 N–H and O–H groups in total. The molecule has 0 aromatic rings. The molecule has 5 aliphatic rings. The largest absolute Gasteiger partial charge is 0.477 e. The van der Waals surface area contributed by atoms with E-state index in [4.69, 9.17) is 47.4 Å². The Kier molecular flexibility index (Phi) is 43.5. The molecule has 5 fully saturated rings. The lowest BCUT2D eigenvalue weighted by Crippen LogP contribution is -2.72. The van der Waals surface area contributed by atoms with Crippen LogP contribution < -0.4 is 21.3 Å². The highest BCUT2D eigenvalue weighted by Gasteiger charge is 2.64. The second-order valence-corrected chi connectivity index (χ2v) is 30.7. The number of nitrogens with one attached hydrogen (secondary N) is 4. The zero-order valence-electron chi connectivity index (χ0n) is 66.5. The lowest BCUT2D eigenvalue weighted by molar-refractivity contribution is -0.388. The second-order valence-electron chi connectivity index (χ2n) is 30.7. The number of amides is 4. The maximum Gasteiger partial charge on any atom is 0.364 e. The van der Waals surface area contributed by atoms with Gasteiger partial charge in [0, 0.05) is 46.5 Å². The highest BCUT2D eigenvalue weighted by Crippen LogP contribution is 2.43. The van der Waals surface area contributed by atoms with Crippen molar-refractivity contribution in [3.05, 3.63) is 12.2 Å². The summed E-state index contributed by atoms with van der Waals surface area (Å²) in [6.45, 7) is -0.161. The molecule has 41 nitrogen and oxygen atoms in total. The summed E-state index contributed by atoms with van der Waals surface area (Å²) < 4.78 is 58.0. The number of allylic oxidation sites excluding steroid dienone is 1. The number of hydrogen-bond acceptors (Lipinski definition) is 34. The van der Waals surface area contributed by atoms with E-state index in [0.29, 0.717) is 12.8 Å². The lowest BCUT2D eigenvalue weighted by atomic mass is 9.86. The summed E-state index contributed by atoms with van der Waals surface area (Å²) in [6, 6.07) is -7.02. The Morgan fingerprint density at radius 1 is 0.466 bits per heavy atom. The molecule has 672 valence electrons. The van der Waals surface area contributed by atoms with Crippen LogP contribution in [0.3, 0.4) is 0 Å². The van der Waals surface area contributed by atoms with Gasteiger partial charge in [0.15, 0.2) is 12.6 Å². The van der Waals surface area contributed by atoms with Gasteiger partial charge in [0.2, 0.25) is 23.6 Å². The van der Waals surface area contributed by atoms with Crippen molar-refractivity contribution >= 4 is 41.5 Å². The van der Waals surface area contributed by atoms with Crippen molar-refractivity contribution in [1.29, 1.82) is 0 Å². The standard InChI is InChI=1S/C75H130N4O37/c1-6-8-10-12-14-16-17-18-19-21-22-24-26-28-43(88)42(79-52(93)29-27-25-23-20-15-13-11-9-7-2)38-107-68-61(99)60(98)63(51(37-84)109-68)110-69-62(100)67(57(95)48(34-81)108-69)116-75(72(105)106)32-46(91)55(78-41(5)87)66(115-75)59(97)50(36-83)112-74(71(103)104)31-45(90)54(77-40(4)86)65(114-74)58(96)49(35-82)111-73(70(101)102)30-44(89)53(76-39(3)85)64(113-73)56(94)47(92)33-80/h26,28,42-51,53-69,80-84,88-92,94-100H,6-25,27,29-38H2,1-5H3,(H,76,85)(H,77,86)(H,78,87)(H,79,93)(H,101,102)(H,103,104)(H,105,106). The van der Waals surface area contributed by atoms with Crippen LogP contribution in [0.4, 0.5) is 0 Å². The molecule has 0 saturated carbocycles. The molecule has 4 amide bonds. The van der Waals surface area contributed by atoms with Gasteiger partial charge < -0.3 is 171 Å². The second kappa shape index (κ2) is 49.8. The number of carbonyl (C=O) groups excluding carboxylic acids is 4. The van der Waals surface area contributed by atoms with Crippen LogP contribution in [-0.2, 0) is 80.9 Å². The van der Waals surface area contributed by atoms with Crippen LogP contribution in [0.15, 0.2) is 12.2 Å². The Balaban J connectivity index is 1.39. The summed E-state index contributed by atoms with van der Waals surface area (Å²) >= 11 is 0. The molecule has 0 aromatic heterocycles. The number of aliphatic hydroxyl groups excluding tert-OH is 17. The number of carbonyl (C=O) groups is 7. The molecule has 5 saturated heterocycles. The van der Waals surface area contributed by atoms with Crippen molar-refractivity contribution in [3.8, 4) is 0 Å².